The summed E-state index contributed by atoms with van der Waals surface area (Å²) in [4.78, 5) is 0. The van der Waals surface area contributed by atoms with E-state index in [1.807, 2.05) is 0 Å². The average Bonchev–Trinajstić information content (AvgIpc) is 2.79. The molecule has 1 saturated carbocycles. The Morgan fingerprint density at radius 2 is 1.76 bits per heavy atom. The van der Waals surface area contributed by atoms with Crippen LogP contribution in [0, 0.1) is 0 Å². The molecule has 1 aliphatic carbocycles. The Labute approximate surface area is 105 Å². The molecule has 1 aliphatic rings. The second kappa shape index (κ2) is 5.05. The van der Waals surface area contributed by atoms with E-state index in [1.54, 1.807) is 0 Å². The lowest BCUT2D eigenvalue weighted by Gasteiger charge is -2.34. The van der Waals surface area contributed by atoms with Gasteiger partial charge in [-0.15, -0.1) is 0 Å². The predicted octanol–water partition coefficient (Wildman–Crippen LogP) is 3.79. The highest BCUT2D eigenvalue weighted by Crippen LogP contribution is 2.43. The Hall–Kier alpha value is -1.08. The first-order chi connectivity index (χ1) is 8.15. The number of benzene rings is 1. The largest absolute Gasteiger partial charge is 0.324 e. The van der Waals surface area contributed by atoms with Crippen molar-refractivity contribution in [3.05, 3.63) is 47.5 Å². The number of allylic oxidation sites excluding steroid dienone is 1. The number of rotatable bonds is 3. The zero-order valence-corrected chi connectivity index (χ0v) is 10.9. The molecular formula is C16H23N. The fourth-order valence-electron chi connectivity index (χ4n) is 3.11. The fraction of sp³-hybridized carbons (Fsp3) is 0.500. The van der Waals surface area contributed by atoms with Gasteiger partial charge in [-0.3, -0.25) is 0 Å². The van der Waals surface area contributed by atoms with E-state index in [9.17, 15) is 0 Å². The fourth-order valence-corrected chi connectivity index (χ4v) is 3.11. The maximum Gasteiger partial charge on any atom is 0.0324 e. The van der Waals surface area contributed by atoms with E-state index >= 15 is 0 Å². The number of hydrogen-bond donors (Lipinski definition) is 1. The van der Waals surface area contributed by atoms with E-state index in [0.29, 0.717) is 0 Å². The van der Waals surface area contributed by atoms with E-state index in [-0.39, 0.29) is 11.5 Å². The molecule has 2 N–H and O–H groups in total. The zero-order chi connectivity index (χ0) is 12.3. The van der Waals surface area contributed by atoms with Crippen molar-refractivity contribution in [1.29, 1.82) is 0 Å². The molecule has 1 aromatic rings. The maximum atomic E-state index is 6.47. The molecule has 1 heteroatoms. The van der Waals surface area contributed by atoms with Crippen molar-refractivity contribution in [3.8, 4) is 0 Å². The van der Waals surface area contributed by atoms with Crippen LogP contribution in [0.5, 0.6) is 0 Å². The average molecular weight is 229 g/mol. The monoisotopic (exact) mass is 229 g/mol. The molecular weight excluding hydrogens is 206 g/mol. The summed E-state index contributed by atoms with van der Waals surface area (Å²) in [7, 11) is 0. The van der Waals surface area contributed by atoms with E-state index in [4.69, 9.17) is 5.73 Å². The summed E-state index contributed by atoms with van der Waals surface area (Å²) >= 11 is 0. The third-order valence-electron chi connectivity index (χ3n) is 4.00. The van der Waals surface area contributed by atoms with Crippen LogP contribution in [0.4, 0.5) is 0 Å². The van der Waals surface area contributed by atoms with Crippen molar-refractivity contribution in [2.24, 2.45) is 5.73 Å². The van der Waals surface area contributed by atoms with Crippen LogP contribution in [0.2, 0.25) is 0 Å². The van der Waals surface area contributed by atoms with Crippen molar-refractivity contribution in [1.82, 2.24) is 0 Å². The molecule has 0 spiro atoms. The van der Waals surface area contributed by atoms with Gasteiger partial charge in [0.15, 0.2) is 0 Å². The zero-order valence-electron chi connectivity index (χ0n) is 10.9. The summed E-state index contributed by atoms with van der Waals surface area (Å²) < 4.78 is 0. The lowest BCUT2D eigenvalue weighted by Crippen LogP contribution is -2.42. The van der Waals surface area contributed by atoms with Crippen LogP contribution in [0.25, 0.3) is 0 Å². The first-order valence-corrected chi connectivity index (χ1v) is 6.61. The summed E-state index contributed by atoms with van der Waals surface area (Å²) in [6, 6.07) is 11.0. The highest BCUT2D eigenvalue weighted by molar-refractivity contribution is 5.31. The van der Waals surface area contributed by atoms with E-state index in [2.05, 4.69) is 50.3 Å². The van der Waals surface area contributed by atoms with Gasteiger partial charge >= 0.3 is 0 Å². The molecule has 2 rings (SSSR count). The summed E-state index contributed by atoms with van der Waals surface area (Å²) in [6.07, 6.45) is 7.29. The molecule has 0 radical (unpaired) electrons. The topological polar surface area (TPSA) is 26.0 Å². The second-order valence-electron chi connectivity index (χ2n) is 5.50. The summed E-state index contributed by atoms with van der Waals surface area (Å²) in [6.45, 7) is 4.26. The Morgan fingerprint density at radius 1 is 1.18 bits per heavy atom. The second-order valence-corrected chi connectivity index (χ2v) is 5.50. The molecule has 92 valence electrons. The van der Waals surface area contributed by atoms with Gasteiger partial charge in [-0.2, -0.15) is 0 Å². The molecule has 0 aliphatic heterocycles. The van der Waals surface area contributed by atoms with Crippen LogP contribution in [0.1, 0.15) is 45.1 Å². The normalized spacial score (nSPS) is 19.9. The van der Waals surface area contributed by atoms with Crippen molar-refractivity contribution in [2.75, 3.05) is 0 Å². The third kappa shape index (κ3) is 2.44. The van der Waals surface area contributed by atoms with Gasteiger partial charge in [0.1, 0.15) is 0 Å². The van der Waals surface area contributed by atoms with Crippen molar-refractivity contribution in [2.45, 2.75) is 51.0 Å². The highest BCUT2D eigenvalue weighted by Gasteiger charge is 2.39. The number of nitrogens with two attached hydrogens (primary N) is 1. The highest BCUT2D eigenvalue weighted by atomic mass is 14.7. The molecule has 1 fully saturated rings. The van der Waals surface area contributed by atoms with Crippen LogP contribution < -0.4 is 5.73 Å². The van der Waals surface area contributed by atoms with Crippen molar-refractivity contribution >= 4 is 0 Å². The first kappa shape index (κ1) is 12.4. The van der Waals surface area contributed by atoms with Crippen molar-refractivity contribution in [3.63, 3.8) is 0 Å². The minimum Gasteiger partial charge on any atom is -0.324 e. The summed E-state index contributed by atoms with van der Waals surface area (Å²) in [5.74, 6) is 0. The van der Waals surface area contributed by atoms with Gasteiger partial charge in [-0.25, -0.2) is 0 Å². The van der Waals surface area contributed by atoms with Gasteiger partial charge in [0, 0.05) is 11.5 Å². The minimum atomic E-state index is 0.150. The summed E-state index contributed by atoms with van der Waals surface area (Å²) in [5, 5.41) is 0. The summed E-state index contributed by atoms with van der Waals surface area (Å²) in [5.41, 5.74) is 9.39. The van der Waals surface area contributed by atoms with Gasteiger partial charge < -0.3 is 5.73 Å². The van der Waals surface area contributed by atoms with Gasteiger partial charge in [-0.05, 0) is 32.3 Å². The standard InChI is InChI=1S/C16H23N/c1-13(2)12-15(17)16(10-6-7-11-16)14-8-4-3-5-9-14/h3-5,8-9,12,15H,6-7,10-11,17H2,1-2H3. The Balaban J connectivity index is 2.37. The van der Waals surface area contributed by atoms with Crippen molar-refractivity contribution < 1.29 is 0 Å². The van der Waals surface area contributed by atoms with Gasteiger partial charge in [-0.1, -0.05) is 54.8 Å². The van der Waals surface area contributed by atoms with Gasteiger partial charge in [0.25, 0.3) is 0 Å². The predicted molar refractivity (Wildman–Crippen MR) is 74.0 cm³/mol. The van der Waals surface area contributed by atoms with Crippen LogP contribution in [0.15, 0.2) is 42.0 Å². The molecule has 0 heterocycles. The molecule has 1 unspecified atom stereocenters. The Bertz CT molecular complexity index is 381. The molecule has 1 nitrogen and oxygen atoms in total. The SMILES string of the molecule is CC(C)=CC(N)C1(c2ccccc2)CCCC1. The van der Waals surface area contributed by atoms with Gasteiger partial charge in [0.2, 0.25) is 0 Å². The lowest BCUT2D eigenvalue weighted by atomic mass is 9.72. The molecule has 0 aromatic heterocycles. The molecule has 1 aromatic carbocycles. The number of hydrogen-bond acceptors (Lipinski definition) is 1. The van der Waals surface area contributed by atoms with Gasteiger partial charge in [0.05, 0.1) is 0 Å². The van der Waals surface area contributed by atoms with Crippen LogP contribution in [-0.2, 0) is 5.41 Å². The van der Waals surface area contributed by atoms with Crippen LogP contribution >= 0.6 is 0 Å². The van der Waals surface area contributed by atoms with Crippen LogP contribution in [-0.4, -0.2) is 6.04 Å². The van der Waals surface area contributed by atoms with Crippen LogP contribution in [0.3, 0.4) is 0 Å². The molecule has 17 heavy (non-hydrogen) atoms. The minimum absolute atomic E-state index is 0.150. The smallest absolute Gasteiger partial charge is 0.0324 e. The first-order valence-electron chi connectivity index (χ1n) is 6.61. The molecule has 0 bridgehead atoms. The molecule has 0 amide bonds. The lowest BCUT2D eigenvalue weighted by molar-refractivity contribution is 0.393. The maximum absolute atomic E-state index is 6.47. The quantitative estimate of drug-likeness (QED) is 0.784. The molecule has 0 saturated heterocycles. The van der Waals surface area contributed by atoms with E-state index in [0.717, 1.165) is 0 Å². The van der Waals surface area contributed by atoms with E-state index < -0.39 is 0 Å². The third-order valence-corrected chi connectivity index (χ3v) is 4.00. The Morgan fingerprint density at radius 3 is 2.29 bits per heavy atom. The Kier molecular flexibility index (Phi) is 3.68. The van der Waals surface area contributed by atoms with E-state index in [1.165, 1.54) is 36.8 Å². The molecule has 1 atom stereocenters.